The van der Waals surface area contributed by atoms with Gasteiger partial charge in [-0.25, -0.2) is 9.37 Å². The lowest BCUT2D eigenvalue weighted by Crippen LogP contribution is -2.14. The van der Waals surface area contributed by atoms with E-state index < -0.39 is 5.82 Å². The van der Waals surface area contributed by atoms with Crippen LogP contribution < -0.4 is 5.32 Å². The summed E-state index contributed by atoms with van der Waals surface area (Å²) in [6, 6.07) is 7.80. The molecule has 0 unspecified atom stereocenters. The first kappa shape index (κ1) is 18.8. The number of thioether (sulfide) groups is 1. The molecule has 2 heterocycles. The number of nitrogens with zero attached hydrogens (tertiary/aromatic N) is 3. The van der Waals surface area contributed by atoms with E-state index in [4.69, 9.17) is 11.6 Å². The Hall–Kier alpha value is -2.03. The van der Waals surface area contributed by atoms with Gasteiger partial charge in [0.2, 0.25) is 5.91 Å². The number of thiazole rings is 1. The quantitative estimate of drug-likeness (QED) is 0.617. The number of benzene rings is 1. The number of aryl methyl sites for hydroxylation is 2. The highest BCUT2D eigenvalue weighted by atomic mass is 35.5. The number of carbonyl (C=O) groups excluding carboxylic acids is 1. The number of rotatable bonds is 5. The SMILES string of the molecule is Cc1nc(C)c(-c2ccc(SCC(=O)Nc3ccc(Cl)c(F)c3)nn2)s1. The first-order chi connectivity index (χ1) is 12.4. The molecule has 1 N–H and O–H groups in total. The molecule has 26 heavy (non-hydrogen) atoms. The van der Waals surface area contributed by atoms with Gasteiger partial charge in [-0.3, -0.25) is 4.79 Å². The predicted molar refractivity (Wildman–Crippen MR) is 103 cm³/mol. The van der Waals surface area contributed by atoms with Crippen LogP contribution in [0.25, 0.3) is 10.6 Å². The highest BCUT2D eigenvalue weighted by Gasteiger charge is 2.11. The molecular weight excluding hydrogens is 395 g/mol. The van der Waals surface area contributed by atoms with Gasteiger partial charge >= 0.3 is 0 Å². The molecule has 0 saturated carbocycles. The monoisotopic (exact) mass is 408 g/mol. The molecule has 0 spiro atoms. The van der Waals surface area contributed by atoms with E-state index >= 15 is 0 Å². The fourth-order valence-electron chi connectivity index (χ4n) is 2.20. The highest BCUT2D eigenvalue weighted by Crippen LogP contribution is 2.28. The van der Waals surface area contributed by atoms with Crippen LogP contribution in [0.5, 0.6) is 0 Å². The van der Waals surface area contributed by atoms with Gasteiger partial charge in [0.05, 0.1) is 26.4 Å². The standard InChI is InChI=1S/C17H14ClFN4OS2/c1-9-17(26-10(2)20-9)14-5-6-16(23-22-14)25-8-15(24)21-11-3-4-12(18)13(19)7-11/h3-7H,8H2,1-2H3,(H,21,24). The molecular formula is C17H14ClFN4OS2. The molecule has 1 amide bonds. The van der Waals surface area contributed by atoms with Crippen LogP contribution in [0.1, 0.15) is 10.7 Å². The van der Waals surface area contributed by atoms with E-state index in [1.54, 1.807) is 17.4 Å². The maximum atomic E-state index is 13.4. The number of nitrogens with one attached hydrogen (secondary N) is 1. The van der Waals surface area contributed by atoms with Crippen molar-refractivity contribution in [3.05, 3.63) is 51.9 Å². The molecule has 0 radical (unpaired) electrons. The minimum absolute atomic E-state index is 0.0131. The van der Waals surface area contributed by atoms with Gasteiger partial charge in [-0.2, -0.15) is 0 Å². The van der Waals surface area contributed by atoms with Crippen molar-refractivity contribution in [2.45, 2.75) is 18.9 Å². The van der Waals surface area contributed by atoms with Crippen LogP contribution in [0, 0.1) is 19.7 Å². The molecule has 1 aromatic carbocycles. The maximum Gasteiger partial charge on any atom is 0.234 e. The largest absolute Gasteiger partial charge is 0.325 e. The number of halogens is 2. The summed E-state index contributed by atoms with van der Waals surface area (Å²) in [5.41, 5.74) is 2.05. The van der Waals surface area contributed by atoms with E-state index in [2.05, 4.69) is 20.5 Å². The number of carbonyl (C=O) groups is 1. The number of hydrogen-bond acceptors (Lipinski definition) is 6. The van der Waals surface area contributed by atoms with Crippen LogP contribution in [-0.2, 0) is 4.79 Å². The molecule has 3 aromatic rings. The van der Waals surface area contributed by atoms with Gasteiger partial charge in [0.1, 0.15) is 16.5 Å². The third-order valence-corrected chi connectivity index (χ3v) is 5.65. The Morgan fingerprint density at radius 1 is 1.27 bits per heavy atom. The van der Waals surface area contributed by atoms with Gasteiger partial charge in [0, 0.05) is 5.69 Å². The summed E-state index contributed by atoms with van der Waals surface area (Å²) < 4.78 is 13.4. The van der Waals surface area contributed by atoms with Gasteiger partial charge in [-0.05, 0) is 44.2 Å². The second-order valence-corrected chi connectivity index (χ2v) is 7.98. The van der Waals surface area contributed by atoms with Gasteiger partial charge < -0.3 is 5.32 Å². The molecule has 0 bridgehead atoms. The Morgan fingerprint density at radius 2 is 2.08 bits per heavy atom. The van der Waals surface area contributed by atoms with E-state index in [0.29, 0.717) is 10.7 Å². The highest BCUT2D eigenvalue weighted by molar-refractivity contribution is 7.99. The van der Waals surface area contributed by atoms with E-state index in [9.17, 15) is 9.18 Å². The van der Waals surface area contributed by atoms with Crippen molar-refractivity contribution >= 4 is 46.3 Å². The van der Waals surface area contributed by atoms with Crippen molar-refractivity contribution in [1.29, 1.82) is 0 Å². The first-order valence-corrected chi connectivity index (χ1v) is 9.76. The number of amides is 1. The molecule has 0 aliphatic rings. The first-order valence-electron chi connectivity index (χ1n) is 7.58. The van der Waals surface area contributed by atoms with Crippen LogP contribution in [-0.4, -0.2) is 26.8 Å². The number of hydrogen-bond donors (Lipinski definition) is 1. The summed E-state index contributed by atoms with van der Waals surface area (Å²) >= 11 is 8.44. The average molecular weight is 409 g/mol. The van der Waals surface area contributed by atoms with Crippen molar-refractivity contribution in [2.75, 3.05) is 11.1 Å². The van der Waals surface area contributed by atoms with E-state index in [1.165, 1.54) is 23.9 Å². The van der Waals surface area contributed by atoms with Crippen LogP contribution in [0.2, 0.25) is 5.02 Å². The topological polar surface area (TPSA) is 67.8 Å². The summed E-state index contributed by atoms with van der Waals surface area (Å²) in [5.74, 6) is -0.708. The van der Waals surface area contributed by atoms with Crippen molar-refractivity contribution in [2.24, 2.45) is 0 Å². The zero-order valence-corrected chi connectivity index (χ0v) is 16.3. The smallest absolute Gasteiger partial charge is 0.234 e. The lowest BCUT2D eigenvalue weighted by molar-refractivity contribution is -0.113. The molecule has 2 aromatic heterocycles. The Balaban J connectivity index is 1.58. The lowest BCUT2D eigenvalue weighted by Gasteiger charge is -2.05. The third-order valence-electron chi connectivity index (χ3n) is 3.33. The summed E-state index contributed by atoms with van der Waals surface area (Å²) in [7, 11) is 0. The molecule has 3 rings (SSSR count). The maximum absolute atomic E-state index is 13.4. The fourth-order valence-corrected chi connectivity index (χ4v) is 3.81. The second-order valence-electron chi connectivity index (χ2n) is 5.37. The van der Waals surface area contributed by atoms with Crippen LogP contribution >= 0.6 is 34.7 Å². The molecule has 9 heteroatoms. The Kier molecular flexibility index (Phi) is 5.85. The van der Waals surface area contributed by atoms with Crippen molar-refractivity contribution in [3.8, 4) is 10.6 Å². The predicted octanol–water partition coefficient (Wildman–Crippen LogP) is 4.74. The molecule has 0 aliphatic heterocycles. The minimum atomic E-state index is -0.577. The molecule has 5 nitrogen and oxygen atoms in total. The summed E-state index contributed by atoms with van der Waals surface area (Å²) in [5, 5.41) is 12.6. The molecule has 0 saturated heterocycles. The summed E-state index contributed by atoms with van der Waals surface area (Å²) in [6.07, 6.45) is 0. The van der Waals surface area contributed by atoms with Gasteiger partial charge in [0.15, 0.2) is 0 Å². The van der Waals surface area contributed by atoms with E-state index in [1.807, 2.05) is 26.0 Å². The third kappa shape index (κ3) is 4.57. The van der Waals surface area contributed by atoms with Gasteiger partial charge in [-0.1, -0.05) is 23.4 Å². The molecule has 134 valence electrons. The summed E-state index contributed by atoms with van der Waals surface area (Å²) in [4.78, 5) is 17.3. The van der Waals surface area contributed by atoms with Crippen molar-refractivity contribution in [3.63, 3.8) is 0 Å². The molecule has 0 fully saturated rings. The van der Waals surface area contributed by atoms with Crippen molar-refractivity contribution in [1.82, 2.24) is 15.2 Å². The van der Waals surface area contributed by atoms with Crippen molar-refractivity contribution < 1.29 is 9.18 Å². The lowest BCUT2D eigenvalue weighted by atomic mass is 10.3. The normalized spacial score (nSPS) is 10.8. The van der Waals surface area contributed by atoms with Crippen LogP contribution in [0.15, 0.2) is 35.4 Å². The molecule has 0 aliphatic carbocycles. The van der Waals surface area contributed by atoms with E-state index in [-0.39, 0.29) is 16.7 Å². The van der Waals surface area contributed by atoms with Gasteiger partial charge in [-0.15, -0.1) is 21.5 Å². The van der Waals surface area contributed by atoms with Gasteiger partial charge in [0.25, 0.3) is 0 Å². The second kappa shape index (κ2) is 8.11. The molecule has 0 atom stereocenters. The van der Waals surface area contributed by atoms with E-state index in [0.717, 1.165) is 21.3 Å². The Labute approximate surface area is 163 Å². The number of anilines is 1. The average Bonchev–Trinajstić information content (AvgIpc) is 2.95. The minimum Gasteiger partial charge on any atom is -0.325 e. The van der Waals surface area contributed by atoms with Crippen LogP contribution in [0.3, 0.4) is 0 Å². The van der Waals surface area contributed by atoms with Crippen LogP contribution in [0.4, 0.5) is 10.1 Å². The Morgan fingerprint density at radius 3 is 2.69 bits per heavy atom. The Bertz CT molecular complexity index is 946. The zero-order valence-electron chi connectivity index (χ0n) is 13.9. The fraction of sp³-hybridized carbons (Fsp3) is 0.176. The zero-order chi connectivity index (χ0) is 18.7. The summed E-state index contributed by atoms with van der Waals surface area (Å²) in [6.45, 7) is 3.89. The number of aromatic nitrogens is 3.